The number of carbonyl (C=O) groups is 4. The molecule has 1 aliphatic carbocycles. The molecule has 34 heavy (non-hydrogen) atoms. The normalized spacial score (nSPS) is 15.6. The van der Waals surface area contributed by atoms with E-state index in [1.807, 2.05) is 0 Å². The quantitative estimate of drug-likeness (QED) is 0.526. The number of thiophene rings is 1. The summed E-state index contributed by atoms with van der Waals surface area (Å²) in [7, 11) is 0. The van der Waals surface area contributed by atoms with Crippen LogP contribution in [0.5, 0.6) is 0 Å². The third-order valence-corrected chi connectivity index (χ3v) is 7.44. The first-order valence-electron chi connectivity index (χ1n) is 11.2. The number of fused-ring (bicyclic) bond motifs is 2. The van der Waals surface area contributed by atoms with Gasteiger partial charge in [0.2, 0.25) is 5.91 Å². The minimum absolute atomic E-state index is 0.231. The first-order valence-corrected chi connectivity index (χ1v) is 12.0. The standard InChI is InChI=1S/C25H23N3O5S/c1-14(28-24(31)16-8-2-3-9-17(16)25(28)32)21(29)27-23-20(18-10-4-5-11-19(18)34-23)22(30)26-13-15-7-6-12-33-15/h2-3,6-9,12,14H,4-5,10-11,13H2,1H3,(H,26,30)(H,27,29)/t14-/m0/s1. The van der Waals surface area contributed by atoms with E-state index in [0.29, 0.717) is 16.3 Å². The van der Waals surface area contributed by atoms with Crippen molar-refractivity contribution in [3.05, 3.63) is 75.6 Å². The summed E-state index contributed by atoms with van der Waals surface area (Å²) in [6.45, 7) is 1.75. The van der Waals surface area contributed by atoms with Crippen molar-refractivity contribution < 1.29 is 23.6 Å². The van der Waals surface area contributed by atoms with Crippen LogP contribution in [0, 0.1) is 0 Å². The fourth-order valence-electron chi connectivity index (χ4n) is 4.46. The fraction of sp³-hybridized carbons (Fsp3) is 0.280. The molecule has 3 heterocycles. The summed E-state index contributed by atoms with van der Waals surface area (Å²) in [5, 5.41) is 6.14. The molecule has 1 aliphatic heterocycles. The van der Waals surface area contributed by atoms with Crippen LogP contribution in [0.3, 0.4) is 0 Å². The Labute approximate surface area is 199 Å². The van der Waals surface area contributed by atoms with E-state index in [4.69, 9.17) is 4.42 Å². The van der Waals surface area contributed by atoms with E-state index >= 15 is 0 Å². The fourth-order valence-corrected chi connectivity index (χ4v) is 5.75. The van der Waals surface area contributed by atoms with Crippen molar-refractivity contribution in [2.45, 2.75) is 45.2 Å². The summed E-state index contributed by atoms with van der Waals surface area (Å²) in [6.07, 6.45) is 5.16. The molecule has 3 aromatic rings. The lowest BCUT2D eigenvalue weighted by molar-refractivity contribution is -0.119. The molecule has 9 heteroatoms. The van der Waals surface area contributed by atoms with Crippen LogP contribution in [0.25, 0.3) is 0 Å². The summed E-state index contributed by atoms with van der Waals surface area (Å²) in [5.41, 5.74) is 1.99. The smallest absolute Gasteiger partial charge is 0.262 e. The number of rotatable bonds is 6. The highest BCUT2D eigenvalue weighted by molar-refractivity contribution is 7.17. The lowest BCUT2D eigenvalue weighted by Gasteiger charge is -2.21. The van der Waals surface area contributed by atoms with E-state index in [-0.39, 0.29) is 23.6 Å². The van der Waals surface area contributed by atoms with Crippen LogP contribution in [0.15, 0.2) is 47.1 Å². The van der Waals surface area contributed by atoms with Crippen LogP contribution in [0.4, 0.5) is 5.00 Å². The Morgan fingerprint density at radius 3 is 2.44 bits per heavy atom. The number of aryl methyl sites for hydroxylation is 1. The van der Waals surface area contributed by atoms with Gasteiger partial charge in [0.15, 0.2) is 0 Å². The van der Waals surface area contributed by atoms with Crippen molar-refractivity contribution in [2.75, 3.05) is 5.32 Å². The lowest BCUT2D eigenvalue weighted by Crippen LogP contribution is -2.45. The summed E-state index contributed by atoms with van der Waals surface area (Å²) in [4.78, 5) is 54.0. The topological polar surface area (TPSA) is 109 Å². The predicted octanol–water partition coefficient (Wildman–Crippen LogP) is 3.77. The summed E-state index contributed by atoms with van der Waals surface area (Å²) in [5.74, 6) is -1.18. The van der Waals surface area contributed by atoms with E-state index in [1.165, 1.54) is 18.3 Å². The Morgan fingerprint density at radius 1 is 1.06 bits per heavy atom. The molecule has 2 aliphatic rings. The molecule has 5 rings (SSSR count). The number of nitrogens with zero attached hydrogens (tertiary/aromatic N) is 1. The van der Waals surface area contributed by atoms with E-state index in [1.54, 1.807) is 42.7 Å². The lowest BCUT2D eigenvalue weighted by atomic mass is 9.95. The molecule has 0 fully saturated rings. The molecule has 0 saturated heterocycles. The molecular formula is C25H23N3O5S. The molecule has 1 aromatic carbocycles. The number of hydrogen-bond acceptors (Lipinski definition) is 6. The van der Waals surface area contributed by atoms with E-state index in [2.05, 4.69) is 10.6 Å². The zero-order valence-corrected chi connectivity index (χ0v) is 19.4. The van der Waals surface area contributed by atoms with Gasteiger partial charge in [-0.25, -0.2) is 0 Å². The molecule has 2 N–H and O–H groups in total. The molecule has 0 bridgehead atoms. The Morgan fingerprint density at radius 2 is 1.76 bits per heavy atom. The maximum atomic E-state index is 13.2. The number of furan rings is 1. The monoisotopic (exact) mass is 477 g/mol. The van der Waals surface area contributed by atoms with Crippen LogP contribution >= 0.6 is 11.3 Å². The Hall–Kier alpha value is -3.72. The van der Waals surface area contributed by atoms with Crippen molar-refractivity contribution >= 4 is 40.0 Å². The highest BCUT2D eigenvalue weighted by Crippen LogP contribution is 2.38. The van der Waals surface area contributed by atoms with Gasteiger partial charge in [-0.2, -0.15) is 0 Å². The predicted molar refractivity (Wildman–Crippen MR) is 126 cm³/mol. The Bertz CT molecular complexity index is 1260. The van der Waals surface area contributed by atoms with Crippen molar-refractivity contribution in [2.24, 2.45) is 0 Å². The number of hydrogen-bond donors (Lipinski definition) is 2. The average molecular weight is 478 g/mol. The van der Waals surface area contributed by atoms with Crippen LogP contribution in [0.1, 0.15) is 67.0 Å². The summed E-state index contributed by atoms with van der Waals surface area (Å²) in [6, 6.07) is 9.01. The first kappa shape index (κ1) is 22.1. The van der Waals surface area contributed by atoms with Crippen LogP contribution in [-0.4, -0.2) is 34.6 Å². The van der Waals surface area contributed by atoms with Crippen LogP contribution < -0.4 is 10.6 Å². The zero-order chi connectivity index (χ0) is 23.8. The Kier molecular flexibility index (Phi) is 5.79. The minimum atomic E-state index is -1.04. The minimum Gasteiger partial charge on any atom is -0.467 e. The van der Waals surface area contributed by atoms with Gasteiger partial charge in [0, 0.05) is 4.88 Å². The van der Waals surface area contributed by atoms with Crippen molar-refractivity contribution in [3.63, 3.8) is 0 Å². The third kappa shape index (κ3) is 3.81. The van der Waals surface area contributed by atoms with Gasteiger partial charge in [-0.3, -0.25) is 24.1 Å². The third-order valence-electron chi connectivity index (χ3n) is 6.23. The molecule has 0 unspecified atom stereocenters. The zero-order valence-electron chi connectivity index (χ0n) is 18.6. The van der Waals surface area contributed by atoms with Gasteiger partial charge in [0.1, 0.15) is 16.8 Å². The van der Waals surface area contributed by atoms with Crippen LogP contribution in [-0.2, 0) is 24.2 Å². The molecule has 0 radical (unpaired) electrons. The largest absolute Gasteiger partial charge is 0.467 e. The maximum absolute atomic E-state index is 13.2. The second kappa shape index (κ2) is 8.90. The highest BCUT2D eigenvalue weighted by atomic mass is 32.1. The second-order valence-corrected chi connectivity index (χ2v) is 9.47. The number of anilines is 1. The van der Waals surface area contributed by atoms with Gasteiger partial charge in [-0.15, -0.1) is 11.3 Å². The summed E-state index contributed by atoms with van der Waals surface area (Å²) < 4.78 is 5.29. The molecule has 4 amide bonds. The van der Waals surface area contributed by atoms with Crippen molar-refractivity contribution in [1.82, 2.24) is 10.2 Å². The summed E-state index contributed by atoms with van der Waals surface area (Å²) >= 11 is 1.39. The second-order valence-electron chi connectivity index (χ2n) is 8.37. The molecule has 0 spiro atoms. The van der Waals surface area contributed by atoms with Crippen LogP contribution in [0.2, 0.25) is 0 Å². The first-order chi connectivity index (χ1) is 16.5. The van der Waals surface area contributed by atoms with Crippen molar-refractivity contribution in [3.8, 4) is 0 Å². The van der Waals surface area contributed by atoms with Gasteiger partial charge in [-0.1, -0.05) is 12.1 Å². The Balaban J connectivity index is 1.38. The number of benzene rings is 1. The molecule has 1 atom stereocenters. The molecular weight excluding hydrogens is 454 g/mol. The highest BCUT2D eigenvalue weighted by Gasteiger charge is 2.41. The van der Waals surface area contributed by atoms with E-state index < -0.39 is 23.8 Å². The van der Waals surface area contributed by atoms with Gasteiger partial charge in [0.25, 0.3) is 17.7 Å². The molecule has 8 nitrogen and oxygen atoms in total. The van der Waals surface area contributed by atoms with Gasteiger partial charge < -0.3 is 15.1 Å². The molecule has 2 aromatic heterocycles. The van der Waals surface area contributed by atoms with E-state index in [9.17, 15) is 19.2 Å². The van der Waals surface area contributed by atoms with Gasteiger partial charge >= 0.3 is 0 Å². The number of amides is 4. The van der Waals surface area contributed by atoms with E-state index in [0.717, 1.165) is 41.0 Å². The molecule has 174 valence electrons. The number of carbonyl (C=O) groups excluding carboxylic acids is 4. The number of imide groups is 1. The number of nitrogens with one attached hydrogen (secondary N) is 2. The average Bonchev–Trinajstić information content (AvgIpc) is 3.55. The SMILES string of the molecule is C[C@@H](C(=O)Nc1sc2c(c1C(=O)NCc1ccco1)CCCC2)N1C(=O)c2ccccc2C1=O. The maximum Gasteiger partial charge on any atom is 0.262 e. The van der Waals surface area contributed by atoms with Gasteiger partial charge in [-0.05, 0) is 62.4 Å². The van der Waals surface area contributed by atoms with Gasteiger partial charge in [0.05, 0.1) is 29.5 Å². The van der Waals surface area contributed by atoms with Crippen molar-refractivity contribution in [1.29, 1.82) is 0 Å². The molecule has 0 saturated carbocycles.